The Balaban J connectivity index is 0. The van der Waals surface area contributed by atoms with E-state index in [2.05, 4.69) is 12.3 Å². The third-order valence-electron chi connectivity index (χ3n) is 0.953. The Morgan fingerprint density at radius 3 is 2.29 bits per heavy atom. The van der Waals surface area contributed by atoms with Crippen LogP contribution >= 0.6 is 22.6 Å². The molecule has 0 rings (SSSR count). The third-order valence-corrected chi connectivity index (χ3v) is 1.39. The first-order valence-electron chi connectivity index (χ1n) is 3.91. The van der Waals surface area contributed by atoms with Gasteiger partial charge in [-0.05, 0) is 29.0 Å². The number of amides is 1. The van der Waals surface area contributed by atoms with Gasteiger partial charge in [-0.2, -0.15) is 0 Å². The van der Waals surface area contributed by atoms with Gasteiger partial charge in [-0.1, -0.05) is 19.9 Å². The summed E-state index contributed by atoms with van der Waals surface area (Å²) in [5, 5.41) is 7.19. The zero-order valence-electron chi connectivity index (χ0n) is 7.96. The summed E-state index contributed by atoms with van der Waals surface area (Å²) in [6, 6.07) is 0. The first-order chi connectivity index (χ1) is 6.41. The molecular weight excluding hydrogens is 301 g/mol. The van der Waals surface area contributed by atoms with Crippen molar-refractivity contribution in [2.75, 3.05) is 6.61 Å². The molecule has 0 heterocycles. The van der Waals surface area contributed by atoms with Crippen LogP contribution in [0.4, 0.5) is 4.79 Å². The number of primary amides is 1. The number of unbranched alkanes of at least 4 members (excludes halogenated alkanes) is 1. The molecule has 0 atom stereocenters. The lowest BCUT2D eigenvalue weighted by atomic mass is 10.4. The normalized spacial score (nSPS) is 8.14. The van der Waals surface area contributed by atoms with Crippen molar-refractivity contribution in [3.8, 4) is 0 Å². The van der Waals surface area contributed by atoms with Gasteiger partial charge in [-0.25, -0.2) is 9.59 Å². The van der Waals surface area contributed by atoms with Crippen LogP contribution in [0.2, 0.25) is 0 Å². The van der Waals surface area contributed by atoms with Crippen LogP contribution in [0, 0.1) is 0 Å². The van der Waals surface area contributed by atoms with Crippen molar-refractivity contribution >= 4 is 34.7 Å². The minimum absolute atomic E-state index is 0.297. The molecule has 0 saturated heterocycles. The number of halogens is 1. The summed E-state index contributed by atoms with van der Waals surface area (Å²) in [4.78, 5) is 19.5. The van der Waals surface area contributed by atoms with Gasteiger partial charge in [0.2, 0.25) is 0 Å². The van der Waals surface area contributed by atoms with Crippen LogP contribution in [0.25, 0.3) is 0 Å². The van der Waals surface area contributed by atoms with E-state index in [1.165, 1.54) is 0 Å². The highest BCUT2D eigenvalue weighted by Crippen LogP contribution is 2.04. The Labute approximate surface area is 96.4 Å². The first kappa shape index (κ1) is 15.7. The van der Waals surface area contributed by atoms with Gasteiger partial charge in [0.05, 0.1) is 10.2 Å². The molecule has 0 bridgehead atoms. The van der Waals surface area contributed by atoms with Crippen LogP contribution in [0.15, 0.2) is 10.2 Å². The molecule has 0 aromatic carbocycles. The van der Waals surface area contributed by atoms with Gasteiger partial charge in [0.1, 0.15) is 0 Å². The molecule has 0 aliphatic heterocycles. The molecule has 0 fully saturated rings. The summed E-state index contributed by atoms with van der Waals surface area (Å²) < 4.78 is 5.24. The smallest absolute Gasteiger partial charge is 0.402 e. The molecule has 6 heteroatoms. The van der Waals surface area contributed by atoms with Crippen LogP contribution < -0.4 is 5.73 Å². The number of ether oxygens (including phenoxy) is 1. The van der Waals surface area contributed by atoms with Crippen LogP contribution in [0.5, 0.6) is 0 Å². The van der Waals surface area contributed by atoms with E-state index in [1.807, 2.05) is 29.5 Å². The second kappa shape index (κ2) is 10.3. The van der Waals surface area contributed by atoms with Crippen LogP contribution in [0.1, 0.15) is 19.8 Å². The topological polar surface area (TPSA) is 89.6 Å². The van der Waals surface area contributed by atoms with E-state index in [0.29, 0.717) is 10.2 Å². The average Bonchev–Trinajstić information content (AvgIpc) is 2.03. The van der Waals surface area contributed by atoms with Gasteiger partial charge in [-0.15, -0.1) is 0 Å². The predicted molar refractivity (Wildman–Crippen MR) is 61.2 cm³/mol. The van der Waals surface area contributed by atoms with Gasteiger partial charge in [0.25, 0.3) is 0 Å². The standard InChI is InChI=1S/C7H11IO2.CH3NO2/c1-3-4-5-10-7(9)6(2)8;2-1(3)4/h2-5H2,1H3;2H2,(H,3,4). The predicted octanol–water partition coefficient (Wildman–Crippen LogP) is 1.90. The Kier molecular flexibility index (Phi) is 11.5. The molecule has 0 unspecified atom stereocenters. The van der Waals surface area contributed by atoms with Crippen molar-refractivity contribution in [3.63, 3.8) is 0 Å². The second-order valence-corrected chi connectivity index (χ2v) is 3.53. The third kappa shape index (κ3) is 17.3. The number of nitrogens with two attached hydrogens (primary N) is 1. The molecule has 0 spiro atoms. The molecule has 3 N–H and O–H groups in total. The summed E-state index contributed by atoms with van der Waals surface area (Å²) in [5.41, 5.74) is 4.03. The quantitative estimate of drug-likeness (QED) is 0.359. The highest BCUT2D eigenvalue weighted by atomic mass is 127. The number of hydrogen-bond acceptors (Lipinski definition) is 3. The number of carbonyl (C=O) groups is 2. The van der Waals surface area contributed by atoms with Crippen molar-refractivity contribution in [3.05, 3.63) is 10.2 Å². The van der Waals surface area contributed by atoms with Crippen molar-refractivity contribution in [1.82, 2.24) is 0 Å². The van der Waals surface area contributed by atoms with E-state index < -0.39 is 6.09 Å². The van der Waals surface area contributed by atoms with E-state index in [1.54, 1.807) is 0 Å². The Hall–Kier alpha value is -0.790. The zero-order chi connectivity index (χ0) is 11.6. The van der Waals surface area contributed by atoms with Gasteiger partial charge in [0.15, 0.2) is 0 Å². The minimum Gasteiger partial charge on any atom is -0.465 e. The molecule has 0 radical (unpaired) electrons. The van der Waals surface area contributed by atoms with Crippen LogP contribution in [0.3, 0.4) is 0 Å². The van der Waals surface area contributed by atoms with Crippen LogP contribution in [-0.4, -0.2) is 23.8 Å². The zero-order valence-corrected chi connectivity index (χ0v) is 10.1. The molecule has 0 aromatic heterocycles. The van der Waals surface area contributed by atoms with Crippen molar-refractivity contribution in [1.29, 1.82) is 0 Å². The van der Waals surface area contributed by atoms with Crippen molar-refractivity contribution < 1.29 is 19.4 Å². The maximum Gasteiger partial charge on any atom is 0.402 e. The summed E-state index contributed by atoms with van der Waals surface area (Å²) in [7, 11) is 0. The van der Waals surface area contributed by atoms with E-state index in [-0.39, 0.29) is 5.97 Å². The molecule has 82 valence electrons. The first-order valence-corrected chi connectivity index (χ1v) is 4.99. The SMILES string of the molecule is C=C(I)C(=O)OCCCC.NC(=O)O. The highest BCUT2D eigenvalue weighted by Gasteiger charge is 2.02. The maximum atomic E-state index is 10.7. The lowest BCUT2D eigenvalue weighted by Crippen LogP contribution is -2.04. The second-order valence-electron chi connectivity index (χ2n) is 2.23. The Morgan fingerprint density at radius 2 is 2.00 bits per heavy atom. The lowest BCUT2D eigenvalue weighted by Gasteiger charge is -2.00. The van der Waals surface area contributed by atoms with Crippen molar-refractivity contribution in [2.24, 2.45) is 5.73 Å². The number of esters is 1. The van der Waals surface area contributed by atoms with Gasteiger partial charge < -0.3 is 15.6 Å². The maximum absolute atomic E-state index is 10.7. The fourth-order valence-corrected chi connectivity index (χ4v) is 0.543. The number of carboxylic acid groups (broad SMARTS) is 1. The van der Waals surface area contributed by atoms with Crippen molar-refractivity contribution in [2.45, 2.75) is 19.8 Å². The fraction of sp³-hybridized carbons (Fsp3) is 0.500. The summed E-state index contributed by atoms with van der Waals surface area (Å²) in [6.07, 6.45) is 0.636. The summed E-state index contributed by atoms with van der Waals surface area (Å²) in [5.74, 6) is -0.297. The minimum atomic E-state index is -1.33. The highest BCUT2D eigenvalue weighted by molar-refractivity contribution is 14.1. The average molecular weight is 315 g/mol. The fourth-order valence-electron chi connectivity index (χ4n) is 0.388. The van der Waals surface area contributed by atoms with E-state index in [0.717, 1.165) is 12.8 Å². The number of rotatable bonds is 4. The molecule has 14 heavy (non-hydrogen) atoms. The molecule has 5 nitrogen and oxygen atoms in total. The van der Waals surface area contributed by atoms with Gasteiger partial charge in [0, 0.05) is 0 Å². The molecule has 1 amide bonds. The molecule has 0 aromatic rings. The van der Waals surface area contributed by atoms with Gasteiger partial charge in [-0.3, -0.25) is 0 Å². The Bertz CT molecular complexity index is 202. The monoisotopic (exact) mass is 315 g/mol. The van der Waals surface area contributed by atoms with E-state index >= 15 is 0 Å². The number of carbonyl (C=O) groups excluding carboxylic acids is 1. The Morgan fingerprint density at radius 1 is 1.57 bits per heavy atom. The summed E-state index contributed by atoms with van der Waals surface area (Å²) >= 11 is 1.85. The lowest BCUT2D eigenvalue weighted by molar-refractivity contribution is -0.138. The van der Waals surface area contributed by atoms with E-state index in [9.17, 15) is 4.79 Å². The number of hydrogen-bond donors (Lipinski definition) is 2. The molecular formula is C8H14INO4. The molecule has 0 aliphatic carbocycles. The van der Waals surface area contributed by atoms with Crippen LogP contribution in [-0.2, 0) is 9.53 Å². The summed E-state index contributed by atoms with van der Waals surface area (Å²) in [6.45, 7) is 6.01. The van der Waals surface area contributed by atoms with E-state index in [4.69, 9.17) is 14.6 Å². The molecule has 0 saturated carbocycles. The largest absolute Gasteiger partial charge is 0.465 e. The van der Waals surface area contributed by atoms with Gasteiger partial charge >= 0.3 is 12.1 Å². The molecule has 0 aliphatic rings.